The van der Waals surface area contributed by atoms with Crippen LogP contribution in [0, 0.1) is 11.7 Å². The maximum absolute atomic E-state index is 14.9. The van der Waals surface area contributed by atoms with Gasteiger partial charge in [-0.15, -0.1) is 0 Å². The lowest BCUT2D eigenvalue weighted by atomic mass is 9.85. The Hall–Kier alpha value is -2.61. The van der Waals surface area contributed by atoms with Crippen LogP contribution in [0.25, 0.3) is 0 Å². The van der Waals surface area contributed by atoms with Gasteiger partial charge in [-0.05, 0) is 75.3 Å². The lowest BCUT2D eigenvalue weighted by Crippen LogP contribution is -2.47. The molecular weight excluding hydrogens is 607 g/mol. The Labute approximate surface area is 268 Å². The summed E-state index contributed by atoms with van der Waals surface area (Å²) < 4.78 is 20.6. The Bertz CT molecular complexity index is 1210. The SMILES string of the molecule is O=C(Cc1ccc(OCCCC2CCN(c3ncc(Cl)cn3)CC2)cc1F)N1CCC(O)(CCC[C@H](O)[C@H](O)[C@H](O)CO)CC1. The van der Waals surface area contributed by atoms with Gasteiger partial charge in [-0.3, -0.25) is 4.79 Å². The molecule has 2 aromatic rings. The molecule has 0 bridgehead atoms. The number of amides is 1. The monoisotopic (exact) mass is 652 g/mol. The fourth-order valence-corrected chi connectivity index (χ4v) is 6.18. The van der Waals surface area contributed by atoms with Crippen LogP contribution < -0.4 is 9.64 Å². The smallest absolute Gasteiger partial charge is 0.227 e. The summed E-state index contributed by atoms with van der Waals surface area (Å²) >= 11 is 5.88. The Balaban J connectivity index is 1.12. The number of carbonyl (C=O) groups excluding carboxylic acids is 1. The van der Waals surface area contributed by atoms with Crippen molar-refractivity contribution in [3.63, 3.8) is 0 Å². The zero-order chi connectivity index (χ0) is 32.4. The highest BCUT2D eigenvalue weighted by molar-refractivity contribution is 6.30. The second kappa shape index (κ2) is 16.8. The van der Waals surface area contributed by atoms with Crippen molar-refractivity contribution in [3.8, 4) is 5.75 Å². The average molecular weight is 653 g/mol. The summed E-state index contributed by atoms with van der Waals surface area (Å²) in [4.78, 5) is 25.3. The third-order valence-electron chi connectivity index (χ3n) is 9.06. The molecule has 4 rings (SSSR count). The molecule has 0 saturated carbocycles. The van der Waals surface area contributed by atoms with Gasteiger partial charge in [0.1, 0.15) is 23.8 Å². The number of hydrogen-bond donors (Lipinski definition) is 5. The first-order valence-electron chi connectivity index (χ1n) is 15.9. The van der Waals surface area contributed by atoms with Crippen LogP contribution in [-0.4, -0.2) is 110 Å². The Morgan fingerprint density at radius 3 is 2.40 bits per heavy atom. The van der Waals surface area contributed by atoms with Crippen molar-refractivity contribution in [2.75, 3.05) is 44.3 Å². The molecule has 0 aliphatic carbocycles. The van der Waals surface area contributed by atoms with Gasteiger partial charge in [0.15, 0.2) is 0 Å². The van der Waals surface area contributed by atoms with Crippen molar-refractivity contribution in [3.05, 3.63) is 47.0 Å². The first kappa shape index (κ1) is 35.2. The molecule has 2 saturated heterocycles. The number of likely N-dealkylation sites (tertiary alicyclic amines) is 1. The van der Waals surface area contributed by atoms with Crippen molar-refractivity contribution in [2.45, 2.75) is 88.1 Å². The number of benzene rings is 1. The molecule has 11 nitrogen and oxygen atoms in total. The van der Waals surface area contributed by atoms with E-state index in [-0.39, 0.29) is 18.7 Å². The minimum atomic E-state index is -1.46. The molecule has 3 atom stereocenters. The van der Waals surface area contributed by atoms with E-state index in [1.54, 1.807) is 29.4 Å². The van der Waals surface area contributed by atoms with E-state index in [1.807, 2.05) is 0 Å². The third-order valence-corrected chi connectivity index (χ3v) is 9.26. The number of halogens is 2. The highest BCUT2D eigenvalue weighted by Crippen LogP contribution is 2.29. The van der Waals surface area contributed by atoms with E-state index in [2.05, 4.69) is 14.9 Å². The van der Waals surface area contributed by atoms with Crippen LogP contribution in [0.3, 0.4) is 0 Å². The van der Waals surface area contributed by atoms with Crippen molar-refractivity contribution in [1.29, 1.82) is 0 Å². The van der Waals surface area contributed by atoms with Gasteiger partial charge in [0.25, 0.3) is 0 Å². The molecule has 45 heavy (non-hydrogen) atoms. The zero-order valence-corrected chi connectivity index (χ0v) is 26.4. The summed E-state index contributed by atoms with van der Waals surface area (Å²) in [5, 5.41) is 49.5. The molecule has 2 aliphatic rings. The first-order valence-corrected chi connectivity index (χ1v) is 16.2. The Morgan fingerprint density at radius 1 is 1.07 bits per heavy atom. The molecule has 3 heterocycles. The van der Waals surface area contributed by atoms with E-state index in [9.17, 15) is 29.6 Å². The van der Waals surface area contributed by atoms with E-state index in [0.29, 0.717) is 73.6 Å². The molecule has 250 valence electrons. The van der Waals surface area contributed by atoms with E-state index in [1.165, 1.54) is 6.07 Å². The van der Waals surface area contributed by atoms with Gasteiger partial charge in [0.2, 0.25) is 11.9 Å². The van der Waals surface area contributed by atoms with Crippen molar-refractivity contribution >= 4 is 23.5 Å². The molecule has 5 N–H and O–H groups in total. The topological polar surface area (TPSA) is 160 Å². The highest BCUT2D eigenvalue weighted by Gasteiger charge is 2.34. The molecule has 1 aromatic carbocycles. The summed E-state index contributed by atoms with van der Waals surface area (Å²) in [6.45, 7) is 2.29. The summed E-state index contributed by atoms with van der Waals surface area (Å²) in [6, 6.07) is 4.61. The Morgan fingerprint density at radius 2 is 1.76 bits per heavy atom. The molecule has 0 spiro atoms. The number of piperidine rings is 2. The molecule has 1 aromatic heterocycles. The molecule has 13 heteroatoms. The second-order valence-electron chi connectivity index (χ2n) is 12.4. The van der Waals surface area contributed by atoms with Gasteiger partial charge in [0.05, 0.1) is 48.8 Å². The summed E-state index contributed by atoms with van der Waals surface area (Å²) in [5.41, 5.74) is -0.715. The minimum absolute atomic E-state index is 0.0818. The van der Waals surface area contributed by atoms with Crippen LogP contribution >= 0.6 is 11.6 Å². The van der Waals surface area contributed by atoms with Gasteiger partial charge in [0, 0.05) is 32.2 Å². The normalized spacial score (nSPS) is 19.3. The van der Waals surface area contributed by atoms with E-state index in [4.69, 9.17) is 21.4 Å². The van der Waals surface area contributed by atoms with Crippen LogP contribution in [0.15, 0.2) is 30.6 Å². The number of ether oxygens (including phenoxy) is 1. The number of aromatic nitrogens is 2. The third kappa shape index (κ3) is 10.5. The lowest BCUT2D eigenvalue weighted by Gasteiger charge is -2.38. The predicted molar refractivity (Wildman–Crippen MR) is 167 cm³/mol. The maximum atomic E-state index is 14.9. The number of rotatable bonds is 15. The number of anilines is 1. The summed E-state index contributed by atoms with van der Waals surface area (Å²) in [5.74, 6) is 1.03. The number of carbonyl (C=O) groups is 1. The molecule has 2 aliphatic heterocycles. The van der Waals surface area contributed by atoms with Gasteiger partial charge in [-0.25, -0.2) is 14.4 Å². The van der Waals surface area contributed by atoms with Crippen LogP contribution in [0.1, 0.15) is 63.4 Å². The number of hydrogen-bond acceptors (Lipinski definition) is 10. The number of nitrogens with zero attached hydrogens (tertiary/aromatic N) is 4. The van der Waals surface area contributed by atoms with Gasteiger partial charge >= 0.3 is 0 Å². The quantitative estimate of drug-likeness (QED) is 0.181. The minimum Gasteiger partial charge on any atom is -0.493 e. The predicted octanol–water partition coefficient (Wildman–Crippen LogP) is 2.49. The van der Waals surface area contributed by atoms with Gasteiger partial charge < -0.3 is 40.1 Å². The van der Waals surface area contributed by atoms with E-state index in [0.717, 1.165) is 38.8 Å². The molecule has 0 unspecified atom stereocenters. The fraction of sp³-hybridized carbons (Fsp3) is 0.656. The number of aliphatic hydroxyl groups excluding tert-OH is 4. The molecular formula is C32H46ClFN4O7. The first-order chi connectivity index (χ1) is 21.6. The molecule has 2 fully saturated rings. The van der Waals surface area contributed by atoms with Crippen molar-refractivity contribution in [2.24, 2.45) is 5.92 Å². The summed E-state index contributed by atoms with van der Waals surface area (Å²) in [6.07, 6.45) is 4.65. The highest BCUT2D eigenvalue weighted by atomic mass is 35.5. The molecule has 0 radical (unpaired) electrons. The van der Waals surface area contributed by atoms with Crippen molar-refractivity contribution < 1.29 is 39.5 Å². The Kier molecular flexibility index (Phi) is 13.2. The largest absolute Gasteiger partial charge is 0.493 e. The second-order valence-corrected chi connectivity index (χ2v) is 12.8. The van der Waals surface area contributed by atoms with Gasteiger partial charge in [-0.1, -0.05) is 17.7 Å². The van der Waals surface area contributed by atoms with Crippen LogP contribution in [0.4, 0.5) is 10.3 Å². The molecule has 1 amide bonds. The zero-order valence-electron chi connectivity index (χ0n) is 25.6. The maximum Gasteiger partial charge on any atom is 0.227 e. The van der Waals surface area contributed by atoms with E-state index >= 15 is 0 Å². The standard InChI is InChI=1S/C32H46ClFN4O7/c33-24-19-35-31(36-20-24)38-12-7-22(8-13-38)3-2-16-45-25-6-5-23(26(34)18-25)17-29(42)37-14-10-32(44,11-15-37)9-1-4-27(40)30(43)28(41)21-39/h5-6,18-20,22,27-28,30,39-41,43-44H,1-4,7-17,21H2/t27-,28+,30-/m0/s1. The fourth-order valence-electron chi connectivity index (χ4n) is 6.09. The van der Waals surface area contributed by atoms with Crippen LogP contribution in [0.2, 0.25) is 5.02 Å². The summed E-state index contributed by atoms with van der Waals surface area (Å²) in [7, 11) is 0. The van der Waals surface area contributed by atoms with Crippen LogP contribution in [-0.2, 0) is 11.2 Å². The van der Waals surface area contributed by atoms with Gasteiger partial charge in [-0.2, -0.15) is 0 Å². The number of aliphatic hydroxyl groups is 5. The average Bonchev–Trinajstić information content (AvgIpc) is 3.04. The lowest BCUT2D eigenvalue weighted by molar-refractivity contribution is -0.135. The van der Waals surface area contributed by atoms with E-state index < -0.39 is 36.3 Å². The van der Waals surface area contributed by atoms with Crippen molar-refractivity contribution in [1.82, 2.24) is 14.9 Å². The van der Waals surface area contributed by atoms with Crippen LogP contribution in [0.5, 0.6) is 5.75 Å².